The van der Waals surface area contributed by atoms with Crippen molar-refractivity contribution in [3.8, 4) is 34.1 Å². The summed E-state index contributed by atoms with van der Waals surface area (Å²) in [6.07, 6.45) is 0. The van der Waals surface area contributed by atoms with Gasteiger partial charge in [0.1, 0.15) is 5.69 Å². The molecule has 4 heteroatoms. The maximum Gasteiger partial charge on any atom is 0.164 e. The highest BCUT2D eigenvalue weighted by atomic mass is 15.3. The van der Waals surface area contributed by atoms with Crippen molar-refractivity contribution in [2.45, 2.75) is 0 Å². The summed E-state index contributed by atoms with van der Waals surface area (Å²) in [4.78, 5) is 5.02. The number of fused-ring (bicyclic) bond motifs is 2. The average molecular weight is 422 g/mol. The van der Waals surface area contributed by atoms with Crippen molar-refractivity contribution in [1.29, 1.82) is 5.26 Å². The fraction of sp³-hybridized carbons (Fsp3) is 0. The van der Waals surface area contributed by atoms with Crippen LogP contribution in [0.3, 0.4) is 0 Å². The summed E-state index contributed by atoms with van der Waals surface area (Å²) in [6, 6.07) is 38.6. The molecule has 33 heavy (non-hydrogen) atoms. The Hall–Kier alpha value is -4.75. The van der Waals surface area contributed by atoms with Gasteiger partial charge in [0.15, 0.2) is 5.65 Å². The molecule has 2 aromatic heterocycles. The molecule has 6 rings (SSSR count). The number of hydrogen-bond acceptors (Lipinski definition) is 3. The molecule has 154 valence electrons. The molecule has 6 aromatic rings. The van der Waals surface area contributed by atoms with Crippen molar-refractivity contribution in [3.63, 3.8) is 0 Å². The predicted molar refractivity (Wildman–Crippen MR) is 132 cm³/mol. The molecule has 2 heterocycles. The van der Waals surface area contributed by atoms with Crippen LogP contribution in [0.1, 0.15) is 5.56 Å². The number of hydrogen-bond donors (Lipinski definition) is 0. The molecule has 0 atom stereocenters. The van der Waals surface area contributed by atoms with E-state index in [0.717, 1.165) is 50.0 Å². The first-order chi connectivity index (χ1) is 16.3. The molecule has 0 N–H and O–H groups in total. The second-order valence-corrected chi connectivity index (χ2v) is 7.92. The summed E-state index contributed by atoms with van der Waals surface area (Å²) in [5.41, 5.74) is 7.50. The Balaban J connectivity index is 1.59. The topological polar surface area (TPSA) is 54.5 Å². The van der Waals surface area contributed by atoms with E-state index in [4.69, 9.17) is 15.3 Å². The van der Waals surface area contributed by atoms with Crippen molar-refractivity contribution in [3.05, 3.63) is 115 Å². The summed E-state index contributed by atoms with van der Waals surface area (Å²) >= 11 is 0. The fourth-order valence-corrected chi connectivity index (χ4v) is 4.18. The molecule has 0 radical (unpaired) electrons. The van der Waals surface area contributed by atoms with Crippen LogP contribution >= 0.6 is 0 Å². The highest BCUT2D eigenvalue weighted by Crippen LogP contribution is 2.33. The largest absolute Gasteiger partial charge is 0.228 e. The lowest BCUT2D eigenvalue weighted by Gasteiger charge is -2.06. The van der Waals surface area contributed by atoms with Gasteiger partial charge in [-0.2, -0.15) is 10.4 Å². The summed E-state index contributed by atoms with van der Waals surface area (Å²) < 4.78 is 1.92. The van der Waals surface area contributed by atoms with E-state index in [9.17, 15) is 0 Å². The molecule has 0 aliphatic carbocycles. The predicted octanol–water partition coefficient (Wildman–Crippen LogP) is 6.78. The number of nitriles is 1. The molecule has 0 amide bonds. The Labute approximate surface area is 191 Å². The van der Waals surface area contributed by atoms with Gasteiger partial charge in [0.05, 0.1) is 22.8 Å². The SMILES string of the molecule is N#Cc1ccc(-c2ccc3nc4c(cc3c2)c(-c2ccccc2)nn4-c2ccccc2)cc1. The van der Waals surface area contributed by atoms with Crippen LogP contribution in [-0.2, 0) is 0 Å². The zero-order valence-electron chi connectivity index (χ0n) is 17.7. The minimum Gasteiger partial charge on any atom is -0.228 e. The first kappa shape index (κ1) is 19.0. The van der Waals surface area contributed by atoms with E-state index < -0.39 is 0 Å². The highest BCUT2D eigenvalue weighted by Gasteiger charge is 2.16. The average Bonchev–Trinajstić information content (AvgIpc) is 3.26. The first-order valence-corrected chi connectivity index (χ1v) is 10.7. The molecule has 0 spiro atoms. The third-order valence-electron chi connectivity index (χ3n) is 5.85. The molecular formula is C29H18N4. The lowest BCUT2D eigenvalue weighted by Crippen LogP contribution is -1.97. The van der Waals surface area contributed by atoms with Crippen molar-refractivity contribution < 1.29 is 0 Å². The van der Waals surface area contributed by atoms with E-state index in [-0.39, 0.29) is 0 Å². The van der Waals surface area contributed by atoms with Gasteiger partial charge in [-0.15, -0.1) is 0 Å². The van der Waals surface area contributed by atoms with Gasteiger partial charge >= 0.3 is 0 Å². The molecule has 0 fully saturated rings. The van der Waals surface area contributed by atoms with Crippen molar-refractivity contribution in [1.82, 2.24) is 14.8 Å². The second-order valence-electron chi connectivity index (χ2n) is 7.92. The minimum absolute atomic E-state index is 0.656. The summed E-state index contributed by atoms with van der Waals surface area (Å²) in [5, 5.41) is 16.1. The number of para-hydroxylation sites is 1. The molecule has 4 nitrogen and oxygen atoms in total. The van der Waals surface area contributed by atoms with Crippen LogP contribution in [0.2, 0.25) is 0 Å². The molecule has 0 aliphatic heterocycles. The van der Waals surface area contributed by atoms with Gasteiger partial charge in [0.25, 0.3) is 0 Å². The molecule has 0 saturated heterocycles. The third kappa shape index (κ3) is 3.33. The second kappa shape index (κ2) is 7.74. The Morgan fingerprint density at radius 2 is 1.36 bits per heavy atom. The summed E-state index contributed by atoms with van der Waals surface area (Å²) in [5.74, 6) is 0. The molecular weight excluding hydrogens is 404 g/mol. The third-order valence-corrected chi connectivity index (χ3v) is 5.85. The van der Waals surface area contributed by atoms with Crippen molar-refractivity contribution in [2.24, 2.45) is 0 Å². The zero-order chi connectivity index (χ0) is 22.2. The van der Waals surface area contributed by atoms with Crippen molar-refractivity contribution >= 4 is 21.9 Å². The smallest absolute Gasteiger partial charge is 0.164 e. The number of nitrogens with zero attached hydrogens (tertiary/aromatic N) is 4. The zero-order valence-corrected chi connectivity index (χ0v) is 17.7. The number of rotatable bonds is 3. The van der Waals surface area contributed by atoms with E-state index in [1.54, 1.807) is 0 Å². The van der Waals surface area contributed by atoms with Crippen LogP contribution in [0.5, 0.6) is 0 Å². The molecule has 4 aromatic carbocycles. The number of aromatic nitrogens is 3. The lowest BCUT2D eigenvalue weighted by atomic mass is 10.0. The number of pyridine rings is 1. The molecule has 0 bridgehead atoms. The van der Waals surface area contributed by atoms with Crippen LogP contribution in [0, 0.1) is 11.3 Å². The summed E-state index contributed by atoms with van der Waals surface area (Å²) in [7, 11) is 0. The van der Waals surface area contributed by atoms with Gasteiger partial charge in [-0.05, 0) is 53.6 Å². The Morgan fingerprint density at radius 3 is 2.09 bits per heavy atom. The normalized spacial score (nSPS) is 11.0. The van der Waals surface area contributed by atoms with E-state index in [0.29, 0.717) is 5.56 Å². The van der Waals surface area contributed by atoms with Gasteiger partial charge in [-0.1, -0.05) is 66.7 Å². The standard InChI is InChI=1S/C29H18N4/c30-19-20-11-13-21(14-12-20)23-15-16-27-24(17-23)18-26-28(22-7-3-1-4-8-22)32-33(29(26)31-27)25-9-5-2-6-10-25/h1-18H. The van der Waals surface area contributed by atoms with Gasteiger partial charge < -0.3 is 0 Å². The molecule has 0 saturated carbocycles. The highest BCUT2D eigenvalue weighted by molar-refractivity contribution is 6.00. The van der Waals surface area contributed by atoms with Gasteiger partial charge in [-0.3, -0.25) is 0 Å². The quantitative estimate of drug-likeness (QED) is 0.316. The van der Waals surface area contributed by atoms with E-state index in [1.165, 1.54) is 0 Å². The minimum atomic E-state index is 0.656. The van der Waals surface area contributed by atoms with Crippen LogP contribution < -0.4 is 0 Å². The molecule has 0 aliphatic rings. The van der Waals surface area contributed by atoms with Gasteiger partial charge in [0.2, 0.25) is 0 Å². The van der Waals surface area contributed by atoms with Gasteiger partial charge in [-0.25, -0.2) is 9.67 Å². The van der Waals surface area contributed by atoms with E-state index in [1.807, 2.05) is 83.5 Å². The van der Waals surface area contributed by atoms with Crippen LogP contribution in [-0.4, -0.2) is 14.8 Å². The monoisotopic (exact) mass is 422 g/mol. The first-order valence-electron chi connectivity index (χ1n) is 10.7. The number of benzene rings is 4. The Bertz CT molecular complexity index is 1640. The van der Waals surface area contributed by atoms with E-state index in [2.05, 4.69) is 36.4 Å². The Morgan fingerprint density at radius 1 is 0.667 bits per heavy atom. The van der Waals surface area contributed by atoms with Crippen LogP contribution in [0.15, 0.2) is 109 Å². The van der Waals surface area contributed by atoms with Crippen LogP contribution in [0.25, 0.3) is 50.0 Å². The summed E-state index contributed by atoms with van der Waals surface area (Å²) in [6.45, 7) is 0. The van der Waals surface area contributed by atoms with Crippen molar-refractivity contribution in [2.75, 3.05) is 0 Å². The van der Waals surface area contributed by atoms with Crippen LogP contribution in [0.4, 0.5) is 0 Å². The molecule has 0 unspecified atom stereocenters. The fourth-order valence-electron chi connectivity index (χ4n) is 4.18. The Kier molecular flexibility index (Phi) is 4.45. The van der Waals surface area contributed by atoms with Gasteiger partial charge in [0, 0.05) is 16.3 Å². The van der Waals surface area contributed by atoms with E-state index >= 15 is 0 Å². The lowest BCUT2D eigenvalue weighted by molar-refractivity contribution is 0.903. The maximum atomic E-state index is 9.08. The maximum absolute atomic E-state index is 9.08.